The van der Waals surface area contributed by atoms with Crippen molar-refractivity contribution in [2.75, 3.05) is 25.0 Å². The predicted molar refractivity (Wildman–Crippen MR) is 109 cm³/mol. The normalized spacial score (nSPS) is 22.8. The molecule has 2 aliphatic rings. The highest BCUT2D eigenvalue weighted by molar-refractivity contribution is 7.12. The third-order valence-corrected chi connectivity index (χ3v) is 6.43. The third kappa shape index (κ3) is 2.69. The van der Waals surface area contributed by atoms with E-state index in [-0.39, 0.29) is 28.9 Å². The molecule has 0 bridgehead atoms. The lowest BCUT2D eigenvalue weighted by atomic mass is 10.2. The smallest absolute Gasteiger partial charge is 0.341 e. The van der Waals surface area contributed by atoms with Gasteiger partial charge in [-0.25, -0.2) is 14.8 Å². The number of pyridine rings is 2. The van der Waals surface area contributed by atoms with E-state index < -0.39 is 11.4 Å². The monoisotopic (exact) mass is 419 g/mol. The Labute approximate surface area is 170 Å². The highest BCUT2D eigenvalue weighted by Gasteiger charge is 2.59. The molecule has 10 heteroatoms. The molecule has 1 aliphatic heterocycles. The molecule has 0 amide bonds. The van der Waals surface area contributed by atoms with Crippen molar-refractivity contribution in [2.45, 2.75) is 12.0 Å². The molecule has 5 rings (SSSR count). The number of aromatic carboxylic acids is 1. The van der Waals surface area contributed by atoms with Crippen LogP contribution in [0.5, 0.6) is 0 Å². The van der Waals surface area contributed by atoms with E-state index in [2.05, 4.69) is 15.2 Å². The van der Waals surface area contributed by atoms with E-state index in [9.17, 15) is 14.7 Å². The van der Waals surface area contributed by atoms with Gasteiger partial charge >= 0.3 is 5.97 Å². The maximum Gasteiger partial charge on any atom is 0.341 e. The van der Waals surface area contributed by atoms with Crippen molar-refractivity contribution in [2.24, 2.45) is 5.92 Å². The Morgan fingerprint density at radius 3 is 2.89 bits per heavy atom. The number of piperidine rings is 1. The lowest BCUT2D eigenvalue weighted by Gasteiger charge is -2.22. The van der Waals surface area contributed by atoms with Crippen LogP contribution < -0.4 is 15.6 Å². The molecular formula is C18H18ClN5O3S. The van der Waals surface area contributed by atoms with Gasteiger partial charge in [-0.05, 0) is 31.5 Å². The number of hydrogen-bond acceptors (Lipinski definition) is 7. The highest BCUT2D eigenvalue weighted by Crippen LogP contribution is 2.49. The molecule has 2 unspecified atom stereocenters. The van der Waals surface area contributed by atoms with Gasteiger partial charge in [0.15, 0.2) is 10.8 Å². The van der Waals surface area contributed by atoms with E-state index in [4.69, 9.17) is 4.98 Å². The first-order chi connectivity index (χ1) is 13.0. The van der Waals surface area contributed by atoms with Crippen molar-refractivity contribution in [3.05, 3.63) is 45.7 Å². The average molecular weight is 420 g/mol. The van der Waals surface area contributed by atoms with Gasteiger partial charge in [0, 0.05) is 36.4 Å². The summed E-state index contributed by atoms with van der Waals surface area (Å²) in [6.07, 6.45) is 4.14. The van der Waals surface area contributed by atoms with Gasteiger partial charge in [0.2, 0.25) is 5.43 Å². The zero-order chi connectivity index (χ0) is 18.8. The van der Waals surface area contributed by atoms with Gasteiger partial charge in [0.1, 0.15) is 11.4 Å². The summed E-state index contributed by atoms with van der Waals surface area (Å²) in [5, 5.41) is 15.5. The molecule has 3 aromatic rings. The minimum Gasteiger partial charge on any atom is -0.477 e. The van der Waals surface area contributed by atoms with Crippen LogP contribution in [0.1, 0.15) is 16.8 Å². The number of thiazole rings is 1. The number of likely N-dealkylation sites (N-methyl/N-ethyl adjacent to an activating group) is 1. The summed E-state index contributed by atoms with van der Waals surface area (Å²) in [6.45, 7) is 1.80. The Morgan fingerprint density at radius 1 is 1.43 bits per heavy atom. The Balaban J connectivity index is 0.00000192. The zero-order valence-electron chi connectivity index (χ0n) is 15.0. The summed E-state index contributed by atoms with van der Waals surface area (Å²) >= 11 is 1.36. The molecule has 0 aromatic carbocycles. The maximum absolute atomic E-state index is 12.6. The van der Waals surface area contributed by atoms with E-state index >= 15 is 0 Å². The third-order valence-electron chi connectivity index (χ3n) is 5.66. The number of anilines is 1. The Kier molecular flexibility index (Phi) is 4.40. The quantitative estimate of drug-likeness (QED) is 0.664. The second-order valence-corrected chi connectivity index (χ2v) is 7.96. The predicted octanol–water partition coefficient (Wildman–Crippen LogP) is 1.76. The molecule has 0 spiro atoms. The molecule has 4 heterocycles. The fourth-order valence-corrected chi connectivity index (χ4v) is 4.66. The van der Waals surface area contributed by atoms with Crippen LogP contribution >= 0.6 is 23.7 Å². The molecule has 146 valence electrons. The first-order valence-electron chi connectivity index (χ1n) is 8.66. The van der Waals surface area contributed by atoms with Crippen LogP contribution in [-0.4, -0.2) is 51.3 Å². The standard InChI is InChI=1S/C18H17N5O3S.ClH/c1-19-18-6-10(18)7-22(9-18)13-3-2-11-14(24)12(16(25)26)8-23(15(11)21-13)17-20-4-5-27-17;/h2-5,8,10,19H,6-7,9H2,1H3,(H,25,26);1H. The maximum atomic E-state index is 12.6. The molecule has 28 heavy (non-hydrogen) atoms. The second kappa shape index (κ2) is 6.54. The fourth-order valence-electron chi connectivity index (χ4n) is 4.05. The minimum atomic E-state index is -1.26. The molecule has 0 radical (unpaired) electrons. The molecule has 8 nitrogen and oxygen atoms in total. The van der Waals surface area contributed by atoms with Crippen molar-refractivity contribution < 1.29 is 9.90 Å². The molecule has 1 saturated carbocycles. The summed E-state index contributed by atoms with van der Waals surface area (Å²) in [4.78, 5) is 35.3. The van der Waals surface area contributed by atoms with Crippen molar-refractivity contribution in [3.8, 4) is 5.13 Å². The van der Waals surface area contributed by atoms with Crippen molar-refractivity contribution in [3.63, 3.8) is 0 Å². The molecule has 1 aliphatic carbocycles. The number of carboxylic acids is 1. The van der Waals surface area contributed by atoms with E-state index in [0.717, 1.165) is 18.9 Å². The van der Waals surface area contributed by atoms with Crippen LogP contribution in [0.4, 0.5) is 5.82 Å². The number of aromatic nitrogens is 3. The van der Waals surface area contributed by atoms with E-state index in [0.29, 0.717) is 16.7 Å². The number of rotatable bonds is 4. The first kappa shape index (κ1) is 18.9. The second-order valence-electron chi connectivity index (χ2n) is 7.09. The number of hydrogen-bond donors (Lipinski definition) is 2. The van der Waals surface area contributed by atoms with E-state index in [1.807, 2.05) is 7.05 Å². The molecule has 2 fully saturated rings. The summed E-state index contributed by atoms with van der Waals surface area (Å²) in [6, 6.07) is 3.47. The molecule has 3 aromatic heterocycles. The number of carbonyl (C=O) groups is 1. The van der Waals surface area contributed by atoms with Gasteiger partial charge in [0.25, 0.3) is 0 Å². The Morgan fingerprint density at radius 2 is 2.25 bits per heavy atom. The molecule has 1 saturated heterocycles. The van der Waals surface area contributed by atoms with Gasteiger partial charge in [-0.3, -0.25) is 9.36 Å². The number of carboxylic acid groups (broad SMARTS) is 1. The van der Waals surface area contributed by atoms with Crippen LogP contribution in [0.2, 0.25) is 0 Å². The van der Waals surface area contributed by atoms with Crippen molar-refractivity contribution in [1.29, 1.82) is 0 Å². The zero-order valence-corrected chi connectivity index (χ0v) is 16.6. The summed E-state index contributed by atoms with van der Waals surface area (Å²) in [7, 11) is 1.99. The van der Waals surface area contributed by atoms with Crippen LogP contribution in [-0.2, 0) is 0 Å². The summed E-state index contributed by atoms with van der Waals surface area (Å²) < 4.78 is 1.60. The molecule has 2 N–H and O–H groups in total. The van der Waals surface area contributed by atoms with Crippen LogP contribution in [0, 0.1) is 5.92 Å². The van der Waals surface area contributed by atoms with Crippen LogP contribution in [0.25, 0.3) is 16.2 Å². The number of nitrogens with zero attached hydrogens (tertiary/aromatic N) is 4. The molecular weight excluding hydrogens is 402 g/mol. The fraction of sp³-hybridized carbons (Fsp3) is 0.333. The van der Waals surface area contributed by atoms with Gasteiger partial charge in [0.05, 0.1) is 5.39 Å². The van der Waals surface area contributed by atoms with Gasteiger partial charge in [-0.1, -0.05) is 0 Å². The Bertz CT molecular complexity index is 1130. The number of halogens is 1. The van der Waals surface area contributed by atoms with Crippen LogP contribution in [0.15, 0.2) is 34.7 Å². The summed E-state index contributed by atoms with van der Waals surface area (Å²) in [5.74, 6) is 0.152. The highest BCUT2D eigenvalue weighted by atomic mass is 35.5. The Hall–Kier alpha value is -2.49. The van der Waals surface area contributed by atoms with Crippen molar-refractivity contribution in [1.82, 2.24) is 19.9 Å². The average Bonchev–Trinajstić information content (AvgIpc) is 3.04. The van der Waals surface area contributed by atoms with E-state index in [1.165, 1.54) is 24.0 Å². The number of nitrogens with one attached hydrogen (secondary N) is 1. The topological polar surface area (TPSA) is 100 Å². The molecule has 2 atom stereocenters. The van der Waals surface area contributed by atoms with Gasteiger partial charge < -0.3 is 15.3 Å². The minimum absolute atomic E-state index is 0. The first-order valence-corrected chi connectivity index (χ1v) is 9.54. The largest absolute Gasteiger partial charge is 0.477 e. The lowest BCUT2D eigenvalue weighted by molar-refractivity contribution is 0.0695. The van der Waals surface area contributed by atoms with Gasteiger partial charge in [-0.15, -0.1) is 23.7 Å². The SMILES string of the molecule is CNC12CC1CN(c1ccc3c(=O)c(C(=O)O)cn(-c4nccs4)c3n1)C2.Cl. The van der Waals surface area contributed by atoms with Crippen molar-refractivity contribution >= 4 is 46.6 Å². The lowest BCUT2D eigenvalue weighted by Crippen LogP contribution is -2.36. The van der Waals surface area contributed by atoms with E-state index in [1.54, 1.807) is 28.3 Å². The number of fused-ring (bicyclic) bond motifs is 2. The van der Waals surface area contributed by atoms with Crippen LogP contribution in [0.3, 0.4) is 0 Å². The van der Waals surface area contributed by atoms with Gasteiger partial charge in [-0.2, -0.15) is 0 Å². The summed E-state index contributed by atoms with van der Waals surface area (Å²) in [5.41, 5.74) is -0.209.